The van der Waals surface area contributed by atoms with Crippen LogP contribution in [0.4, 0.5) is 5.69 Å². The van der Waals surface area contributed by atoms with Crippen LogP contribution >= 0.6 is 11.8 Å². The SMILES string of the molecule is CC(C)OCc1cc(=O)[nH]c(SCC(=O)Nc2cccc3ccccc23)n1. The van der Waals surface area contributed by atoms with Gasteiger partial charge in [-0.1, -0.05) is 48.2 Å². The van der Waals surface area contributed by atoms with Crippen molar-refractivity contribution in [3.8, 4) is 0 Å². The van der Waals surface area contributed by atoms with E-state index in [1.807, 2.05) is 56.3 Å². The van der Waals surface area contributed by atoms with E-state index in [0.29, 0.717) is 10.9 Å². The fraction of sp³-hybridized carbons (Fsp3) is 0.250. The van der Waals surface area contributed by atoms with Crippen molar-refractivity contribution < 1.29 is 9.53 Å². The van der Waals surface area contributed by atoms with Crippen LogP contribution < -0.4 is 10.9 Å². The Bertz CT molecular complexity index is 996. The highest BCUT2D eigenvalue weighted by atomic mass is 32.2. The third-order valence-corrected chi connectivity index (χ3v) is 4.61. The number of carbonyl (C=O) groups excluding carboxylic acids is 1. The van der Waals surface area contributed by atoms with Crippen molar-refractivity contribution >= 4 is 34.1 Å². The molecule has 0 spiro atoms. The monoisotopic (exact) mass is 383 g/mol. The second-order valence-electron chi connectivity index (χ2n) is 6.27. The molecule has 1 aromatic heterocycles. The molecule has 1 amide bonds. The van der Waals surface area contributed by atoms with Gasteiger partial charge >= 0.3 is 0 Å². The lowest BCUT2D eigenvalue weighted by molar-refractivity contribution is -0.113. The average Bonchev–Trinajstić information content (AvgIpc) is 2.65. The van der Waals surface area contributed by atoms with Gasteiger partial charge in [0.05, 0.1) is 24.2 Å². The maximum Gasteiger partial charge on any atom is 0.251 e. The van der Waals surface area contributed by atoms with E-state index < -0.39 is 0 Å². The van der Waals surface area contributed by atoms with E-state index in [2.05, 4.69) is 15.3 Å². The second kappa shape index (κ2) is 8.83. The maximum absolute atomic E-state index is 12.3. The molecule has 0 bridgehead atoms. The van der Waals surface area contributed by atoms with Gasteiger partial charge in [-0.05, 0) is 25.3 Å². The first-order chi connectivity index (χ1) is 13.0. The minimum Gasteiger partial charge on any atom is -0.373 e. The predicted molar refractivity (Wildman–Crippen MR) is 108 cm³/mol. The largest absolute Gasteiger partial charge is 0.373 e. The van der Waals surface area contributed by atoms with Gasteiger partial charge in [0, 0.05) is 17.1 Å². The molecule has 2 aromatic carbocycles. The number of ether oxygens (including phenoxy) is 1. The predicted octanol–water partition coefficient (Wildman–Crippen LogP) is 3.58. The third-order valence-electron chi connectivity index (χ3n) is 3.74. The highest BCUT2D eigenvalue weighted by molar-refractivity contribution is 7.99. The number of benzene rings is 2. The second-order valence-corrected chi connectivity index (χ2v) is 7.23. The highest BCUT2D eigenvalue weighted by Crippen LogP contribution is 2.23. The summed E-state index contributed by atoms with van der Waals surface area (Å²) in [4.78, 5) is 31.1. The average molecular weight is 383 g/mol. The Morgan fingerprint density at radius 2 is 2.00 bits per heavy atom. The van der Waals surface area contributed by atoms with Gasteiger partial charge in [0.25, 0.3) is 5.56 Å². The Morgan fingerprint density at radius 1 is 1.22 bits per heavy atom. The van der Waals surface area contributed by atoms with Gasteiger partial charge in [-0.25, -0.2) is 4.98 Å². The van der Waals surface area contributed by atoms with E-state index in [0.717, 1.165) is 16.5 Å². The van der Waals surface area contributed by atoms with Crippen LogP contribution in [0.2, 0.25) is 0 Å². The van der Waals surface area contributed by atoms with Crippen molar-refractivity contribution in [1.29, 1.82) is 0 Å². The number of hydrogen-bond donors (Lipinski definition) is 2. The first-order valence-electron chi connectivity index (χ1n) is 8.63. The lowest BCUT2D eigenvalue weighted by Crippen LogP contribution is -2.16. The number of nitrogens with zero attached hydrogens (tertiary/aromatic N) is 1. The van der Waals surface area contributed by atoms with Crippen LogP contribution in [-0.4, -0.2) is 27.7 Å². The molecule has 0 radical (unpaired) electrons. The minimum atomic E-state index is -0.260. The number of carbonyl (C=O) groups is 1. The molecule has 0 saturated carbocycles. The van der Waals surface area contributed by atoms with E-state index >= 15 is 0 Å². The fourth-order valence-electron chi connectivity index (χ4n) is 2.53. The van der Waals surface area contributed by atoms with Gasteiger partial charge < -0.3 is 15.0 Å². The van der Waals surface area contributed by atoms with E-state index in [4.69, 9.17) is 4.74 Å². The summed E-state index contributed by atoms with van der Waals surface area (Å²) in [5, 5.41) is 5.37. The van der Waals surface area contributed by atoms with Crippen LogP contribution in [0.5, 0.6) is 0 Å². The molecule has 7 heteroatoms. The molecular formula is C20H21N3O3S. The summed E-state index contributed by atoms with van der Waals surface area (Å²) in [5.74, 6) is -0.0245. The Balaban J connectivity index is 1.64. The van der Waals surface area contributed by atoms with E-state index in [-0.39, 0.29) is 29.9 Å². The van der Waals surface area contributed by atoms with Crippen LogP contribution in [0, 0.1) is 0 Å². The van der Waals surface area contributed by atoms with Gasteiger partial charge in [0.2, 0.25) is 5.91 Å². The number of H-pyrrole nitrogens is 1. The molecule has 0 saturated heterocycles. The molecule has 1 heterocycles. The number of aromatic amines is 1. The number of amides is 1. The number of anilines is 1. The van der Waals surface area contributed by atoms with Crippen molar-refractivity contribution in [3.63, 3.8) is 0 Å². The number of nitrogens with one attached hydrogen (secondary N) is 2. The Hall–Kier alpha value is -2.64. The van der Waals surface area contributed by atoms with Crippen LogP contribution in [0.25, 0.3) is 10.8 Å². The quantitative estimate of drug-likeness (QED) is 0.481. The molecule has 3 rings (SSSR count). The summed E-state index contributed by atoms with van der Waals surface area (Å²) in [5.41, 5.74) is 1.05. The van der Waals surface area contributed by atoms with Crippen molar-refractivity contribution in [2.24, 2.45) is 0 Å². The van der Waals surface area contributed by atoms with Gasteiger partial charge in [-0.15, -0.1) is 0 Å². The zero-order valence-corrected chi connectivity index (χ0v) is 16.0. The lowest BCUT2D eigenvalue weighted by atomic mass is 10.1. The smallest absolute Gasteiger partial charge is 0.251 e. The van der Waals surface area contributed by atoms with Crippen molar-refractivity contribution in [2.45, 2.75) is 31.7 Å². The van der Waals surface area contributed by atoms with Crippen molar-refractivity contribution in [2.75, 3.05) is 11.1 Å². The topological polar surface area (TPSA) is 84.1 Å². The minimum absolute atomic E-state index is 0.0497. The molecule has 0 fully saturated rings. The number of fused-ring (bicyclic) bond motifs is 1. The zero-order chi connectivity index (χ0) is 19.2. The molecule has 140 valence electrons. The molecule has 0 aliphatic rings. The zero-order valence-electron chi connectivity index (χ0n) is 15.2. The molecule has 0 unspecified atom stereocenters. The van der Waals surface area contributed by atoms with Crippen LogP contribution in [0.1, 0.15) is 19.5 Å². The molecule has 0 atom stereocenters. The first-order valence-corrected chi connectivity index (χ1v) is 9.62. The Labute approximate surface area is 161 Å². The standard InChI is InChI=1S/C20H21N3O3S/c1-13(2)26-11-15-10-18(24)23-20(21-15)27-12-19(25)22-17-9-5-7-14-6-3-4-8-16(14)17/h3-10,13H,11-12H2,1-2H3,(H,22,25)(H,21,23,24). The number of rotatable bonds is 7. The Morgan fingerprint density at radius 3 is 2.81 bits per heavy atom. The summed E-state index contributed by atoms with van der Waals surface area (Å²) in [7, 11) is 0. The number of hydrogen-bond acceptors (Lipinski definition) is 5. The molecule has 0 aliphatic heterocycles. The highest BCUT2D eigenvalue weighted by Gasteiger charge is 2.09. The lowest BCUT2D eigenvalue weighted by Gasteiger charge is -2.09. The first kappa shape index (κ1) is 19.1. The van der Waals surface area contributed by atoms with Gasteiger partial charge in [0.1, 0.15) is 0 Å². The Kier molecular flexibility index (Phi) is 6.26. The molecular weight excluding hydrogens is 362 g/mol. The van der Waals surface area contributed by atoms with E-state index in [1.54, 1.807) is 0 Å². The fourth-order valence-corrected chi connectivity index (χ4v) is 3.23. The van der Waals surface area contributed by atoms with Gasteiger partial charge in [-0.2, -0.15) is 0 Å². The summed E-state index contributed by atoms with van der Waals surface area (Å²) in [6, 6.07) is 15.0. The van der Waals surface area contributed by atoms with E-state index in [1.165, 1.54) is 17.8 Å². The molecule has 0 aliphatic carbocycles. The van der Waals surface area contributed by atoms with E-state index in [9.17, 15) is 9.59 Å². The normalized spacial score (nSPS) is 11.1. The van der Waals surface area contributed by atoms with Crippen LogP contribution in [0.3, 0.4) is 0 Å². The number of thioether (sulfide) groups is 1. The summed E-state index contributed by atoms with van der Waals surface area (Å²) < 4.78 is 5.48. The third kappa shape index (κ3) is 5.42. The molecule has 2 N–H and O–H groups in total. The maximum atomic E-state index is 12.3. The van der Waals surface area contributed by atoms with Gasteiger partial charge in [-0.3, -0.25) is 9.59 Å². The van der Waals surface area contributed by atoms with Gasteiger partial charge in [0.15, 0.2) is 5.16 Å². The summed E-state index contributed by atoms with van der Waals surface area (Å²) in [6.07, 6.45) is 0.0497. The van der Waals surface area contributed by atoms with Crippen LogP contribution in [0.15, 0.2) is 58.5 Å². The van der Waals surface area contributed by atoms with Crippen molar-refractivity contribution in [1.82, 2.24) is 9.97 Å². The number of aromatic nitrogens is 2. The van der Waals surface area contributed by atoms with Crippen LogP contribution in [-0.2, 0) is 16.1 Å². The molecule has 6 nitrogen and oxygen atoms in total. The summed E-state index contributed by atoms with van der Waals surface area (Å²) >= 11 is 1.18. The molecule has 27 heavy (non-hydrogen) atoms. The van der Waals surface area contributed by atoms with Crippen molar-refractivity contribution in [3.05, 3.63) is 64.6 Å². The molecule has 3 aromatic rings. The summed E-state index contributed by atoms with van der Waals surface area (Å²) in [6.45, 7) is 4.10.